The third kappa shape index (κ3) is 3.14. The maximum atomic E-state index is 13.5. The van der Waals surface area contributed by atoms with Crippen LogP contribution < -0.4 is 10.1 Å². The van der Waals surface area contributed by atoms with Gasteiger partial charge in [0.1, 0.15) is 5.75 Å². The molecule has 6 nitrogen and oxygen atoms in total. The van der Waals surface area contributed by atoms with Gasteiger partial charge in [0, 0.05) is 11.6 Å². The summed E-state index contributed by atoms with van der Waals surface area (Å²) in [6, 6.07) is 9.68. The quantitative estimate of drug-likeness (QED) is 0.693. The summed E-state index contributed by atoms with van der Waals surface area (Å²) in [4.78, 5) is 21.7. The topological polar surface area (TPSA) is 81.5 Å². The molecule has 0 saturated heterocycles. The van der Waals surface area contributed by atoms with E-state index in [0.717, 1.165) is 12.1 Å². The summed E-state index contributed by atoms with van der Waals surface area (Å²) in [7, 11) is 1.45. The Balaban J connectivity index is 2.25. The summed E-state index contributed by atoms with van der Waals surface area (Å²) in [5, 5.41) is 13.1. The number of para-hydroxylation sites is 2. The van der Waals surface area contributed by atoms with Crippen LogP contribution in [0.3, 0.4) is 0 Å². The number of benzene rings is 2. The van der Waals surface area contributed by atoms with Gasteiger partial charge < -0.3 is 10.1 Å². The molecular formula is C14H11FN2O4. The second-order valence-corrected chi connectivity index (χ2v) is 4.08. The van der Waals surface area contributed by atoms with E-state index in [0.29, 0.717) is 11.4 Å². The van der Waals surface area contributed by atoms with E-state index in [9.17, 15) is 19.3 Å². The largest absolute Gasteiger partial charge is 0.495 e. The molecule has 0 unspecified atom stereocenters. The number of nitrogens with one attached hydrogen (secondary N) is 1. The number of hydrogen-bond donors (Lipinski definition) is 1. The molecule has 0 radical (unpaired) electrons. The number of anilines is 1. The highest BCUT2D eigenvalue weighted by atomic mass is 19.1. The molecule has 21 heavy (non-hydrogen) atoms. The van der Waals surface area contributed by atoms with Crippen molar-refractivity contribution in [2.45, 2.75) is 0 Å². The zero-order chi connectivity index (χ0) is 15.4. The van der Waals surface area contributed by atoms with Crippen molar-refractivity contribution < 1.29 is 18.8 Å². The first-order chi connectivity index (χ1) is 10.0. The lowest BCUT2D eigenvalue weighted by atomic mass is 10.1. The van der Waals surface area contributed by atoms with Crippen molar-refractivity contribution in [3.63, 3.8) is 0 Å². The fraction of sp³-hybridized carbons (Fsp3) is 0.0714. The molecule has 0 heterocycles. The molecule has 0 bridgehead atoms. The molecule has 0 aromatic heterocycles. The minimum atomic E-state index is -1.06. The first-order valence-corrected chi connectivity index (χ1v) is 5.91. The summed E-state index contributed by atoms with van der Waals surface area (Å²) < 4.78 is 18.6. The van der Waals surface area contributed by atoms with Gasteiger partial charge in [0.25, 0.3) is 5.91 Å². The summed E-state index contributed by atoms with van der Waals surface area (Å²) in [6.45, 7) is 0. The molecule has 2 aromatic carbocycles. The number of nitro benzene ring substituents is 1. The molecule has 108 valence electrons. The highest BCUT2D eigenvalue weighted by Gasteiger charge is 2.17. The molecule has 0 spiro atoms. The van der Waals surface area contributed by atoms with Crippen molar-refractivity contribution in [3.05, 3.63) is 64.0 Å². The zero-order valence-corrected chi connectivity index (χ0v) is 11.0. The van der Waals surface area contributed by atoms with Crippen LogP contribution in [0.5, 0.6) is 5.75 Å². The van der Waals surface area contributed by atoms with Crippen LogP contribution in [0.4, 0.5) is 15.8 Å². The SMILES string of the molecule is COc1ccccc1NC(=O)c1ccc([N+](=O)[O-])c(F)c1. The van der Waals surface area contributed by atoms with Crippen LogP contribution in [0.1, 0.15) is 10.4 Å². The third-order valence-corrected chi connectivity index (χ3v) is 2.76. The van der Waals surface area contributed by atoms with Gasteiger partial charge in [-0.25, -0.2) is 0 Å². The van der Waals surface area contributed by atoms with Crippen molar-refractivity contribution in [3.8, 4) is 5.75 Å². The monoisotopic (exact) mass is 290 g/mol. The van der Waals surface area contributed by atoms with E-state index in [1.54, 1.807) is 24.3 Å². The van der Waals surface area contributed by atoms with Gasteiger partial charge in [-0.2, -0.15) is 4.39 Å². The Bertz CT molecular complexity index is 703. The average molecular weight is 290 g/mol. The van der Waals surface area contributed by atoms with E-state index in [1.807, 2.05) is 0 Å². The standard InChI is InChI=1S/C14H11FN2O4/c1-21-13-5-3-2-4-11(13)16-14(18)9-6-7-12(17(19)20)10(15)8-9/h2-8H,1H3,(H,16,18). The average Bonchev–Trinajstić information content (AvgIpc) is 2.47. The fourth-order valence-electron chi connectivity index (χ4n) is 1.74. The Labute approximate surface area is 119 Å². The molecule has 1 N–H and O–H groups in total. The minimum Gasteiger partial charge on any atom is -0.495 e. The van der Waals surface area contributed by atoms with Crippen LogP contribution >= 0.6 is 0 Å². The normalized spacial score (nSPS) is 10.0. The third-order valence-electron chi connectivity index (χ3n) is 2.76. The molecule has 2 aromatic rings. The molecule has 1 amide bonds. The van der Waals surface area contributed by atoms with Gasteiger partial charge in [-0.05, 0) is 24.3 Å². The van der Waals surface area contributed by atoms with Gasteiger partial charge in [0.05, 0.1) is 17.7 Å². The molecule has 0 saturated carbocycles. The van der Waals surface area contributed by atoms with Gasteiger partial charge in [-0.15, -0.1) is 0 Å². The summed E-state index contributed by atoms with van der Waals surface area (Å²) >= 11 is 0. The smallest absolute Gasteiger partial charge is 0.304 e. The van der Waals surface area contributed by atoms with E-state index in [-0.39, 0.29) is 5.56 Å². The van der Waals surface area contributed by atoms with E-state index in [4.69, 9.17) is 4.74 Å². The van der Waals surface area contributed by atoms with Crippen molar-refractivity contribution in [1.29, 1.82) is 0 Å². The van der Waals surface area contributed by atoms with Crippen LogP contribution in [0, 0.1) is 15.9 Å². The van der Waals surface area contributed by atoms with E-state index in [2.05, 4.69) is 5.32 Å². The fourth-order valence-corrected chi connectivity index (χ4v) is 1.74. The Kier molecular flexibility index (Phi) is 4.13. The van der Waals surface area contributed by atoms with Crippen LogP contribution in [-0.4, -0.2) is 17.9 Å². The summed E-state index contributed by atoms with van der Waals surface area (Å²) in [6.07, 6.45) is 0. The highest BCUT2D eigenvalue weighted by molar-refractivity contribution is 6.05. The molecule has 0 aliphatic rings. The Morgan fingerprint density at radius 1 is 1.29 bits per heavy atom. The predicted molar refractivity (Wildman–Crippen MR) is 74.0 cm³/mol. The van der Waals surface area contributed by atoms with E-state index < -0.39 is 22.3 Å². The maximum Gasteiger partial charge on any atom is 0.304 e. The summed E-state index contributed by atoms with van der Waals surface area (Å²) in [5.74, 6) is -1.20. The lowest BCUT2D eigenvalue weighted by Crippen LogP contribution is -2.13. The molecule has 7 heteroatoms. The number of ether oxygens (including phenoxy) is 1. The van der Waals surface area contributed by atoms with Crippen LogP contribution in [0.25, 0.3) is 0 Å². The van der Waals surface area contributed by atoms with Gasteiger partial charge in [0.15, 0.2) is 0 Å². The Morgan fingerprint density at radius 3 is 2.62 bits per heavy atom. The molecule has 0 aliphatic heterocycles. The van der Waals surface area contributed by atoms with E-state index >= 15 is 0 Å². The van der Waals surface area contributed by atoms with Gasteiger partial charge >= 0.3 is 5.69 Å². The second kappa shape index (κ2) is 6.00. The van der Waals surface area contributed by atoms with Crippen molar-refractivity contribution >= 4 is 17.3 Å². The van der Waals surface area contributed by atoms with Crippen LogP contribution in [-0.2, 0) is 0 Å². The number of carbonyl (C=O) groups is 1. The van der Waals surface area contributed by atoms with Gasteiger partial charge in [-0.1, -0.05) is 12.1 Å². The Hall–Kier alpha value is -2.96. The lowest BCUT2D eigenvalue weighted by Gasteiger charge is -2.09. The highest BCUT2D eigenvalue weighted by Crippen LogP contribution is 2.24. The Morgan fingerprint density at radius 2 is 2.00 bits per heavy atom. The molecular weight excluding hydrogens is 279 g/mol. The predicted octanol–water partition coefficient (Wildman–Crippen LogP) is 2.99. The maximum absolute atomic E-state index is 13.5. The zero-order valence-electron chi connectivity index (χ0n) is 11.0. The van der Waals surface area contributed by atoms with Crippen molar-refractivity contribution in [2.24, 2.45) is 0 Å². The molecule has 0 aliphatic carbocycles. The number of halogens is 1. The van der Waals surface area contributed by atoms with Crippen molar-refractivity contribution in [2.75, 3.05) is 12.4 Å². The minimum absolute atomic E-state index is 0.0241. The summed E-state index contributed by atoms with van der Waals surface area (Å²) in [5.41, 5.74) is -0.281. The molecule has 0 fully saturated rings. The number of methoxy groups -OCH3 is 1. The van der Waals surface area contributed by atoms with Crippen molar-refractivity contribution in [1.82, 2.24) is 0 Å². The van der Waals surface area contributed by atoms with E-state index in [1.165, 1.54) is 13.2 Å². The van der Waals surface area contributed by atoms with Crippen LogP contribution in [0.2, 0.25) is 0 Å². The first-order valence-electron chi connectivity index (χ1n) is 5.91. The number of rotatable bonds is 4. The first kappa shape index (κ1) is 14.4. The second-order valence-electron chi connectivity index (χ2n) is 4.08. The number of hydrogen-bond acceptors (Lipinski definition) is 4. The number of amides is 1. The number of nitrogens with zero attached hydrogens (tertiary/aromatic N) is 1. The number of nitro groups is 1. The number of carbonyl (C=O) groups excluding carboxylic acids is 1. The molecule has 2 rings (SSSR count). The van der Waals surface area contributed by atoms with Gasteiger partial charge in [-0.3, -0.25) is 14.9 Å². The van der Waals surface area contributed by atoms with Gasteiger partial charge in [0.2, 0.25) is 5.82 Å². The molecule has 0 atom stereocenters. The van der Waals surface area contributed by atoms with Crippen LogP contribution in [0.15, 0.2) is 42.5 Å². The lowest BCUT2D eigenvalue weighted by molar-refractivity contribution is -0.387.